The molecule has 1 heterocycles. The molecule has 0 saturated heterocycles. The zero-order valence-electron chi connectivity index (χ0n) is 10.9. The molecule has 4 nitrogen and oxygen atoms in total. The summed E-state index contributed by atoms with van der Waals surface area (Å²) in [4.78, 5) is 0. The van der Waals surface area contributed by atoms with Gasteiger partial charge in [0, 0.05) is 13.5 Å². The van der Waals surface area contributed by atoms with E-state index in [0.29, 0.717) is 11.3 Å². The van der Waals surface area contributed by atoms with E-state index in [9.17, 15) is 0 Å². The topological polar surface area (TPSA) is 56.7 Å². The van der Waals surface area contributed by atoms with Crippen LogP contribution in [0.15, 0.2) is 6.33 Å². The van der Waals surface area contributed by atoms with Gasteiger partial charge in [-0.2, -0.15) is 0 Å². The molecule has 0 amide bonds. The summed E-state index contributed by atoms with van der Waals surface area (Å²) in [5.41, 5.74) is 5.99. The van der Waals surface area contributed by atoms with Gasteiger partial charge in [0.1, 0.15) is 12.2 Å². The molecule has 1 atom stereocenters. The van der Waals surface area contributed by atoms with E-state index in [-0.39, 0.29) is 0 Å². The first-order chi connectivity index (χ1) is 7.45. The molecule has 1 unspecified atom stereocenters. The van der Waals surface area contributed by atoms with E-state index < -0.39 is 0 Å². The first kappa shape index (κ1) is 13.2. The van der Waals surface area contributed by atoms with Gasteiger partial charge in [0.2, 0.25) is 0 Å². The smallest absolute Gasteiger partial charge is 0.132 e. The van der Waals surface area contributed by atoms with Crippen LogP contribution in [0.1, 0.15) is 39.4 Å². The Bertz CT molecular complexity index is 311. The highest BCUT2D eigenvalue weighted by Crippen LogP contribution is 2.31. The molecule has 0 aliphatic rings. The van der Waals surface area contributed by atoms with Crippen molar-refractivity contribution in [3.63, 3.8) is 0 Å². The third-order valence-electron chi connectivity index (χ3n) is 3.26. The maximum absolute atomic E-state index is 5.67. The van der Waals surface area contributed by atoms with Crippen molar-refractivity contribution in [1.29, 1.82) is 0 Å². The van der Waals surface area contributed by atoms with Crippen molar-refractivity contribution in [3.8, 4) is 0 Å². The molecule has 2 N–H and O–H groups in total. The first-order valence-corrected chi connectivity index (χ1v) is 5.98. The Morgan fingerprint density at radius 1 is 1.38 bits per heavy atom. The fourth-order valence-electron chi connectivity index (χ4n) is 2.05. The number of hydrogen-bond donors (Lipinski definition) is 1. The second-order valence-electron chi connectivity index (χ2n) is 5.54. The number of hydrogen-bond acceptors (Lipinski definition) is 3. The van der Waals surface area contributed by atoms with Crippen LogP contribution in [0.2, 0.25) is 0 Å². The van der Waals surface area contributed by atoms with E-state index in [1.807, 2.05) is 11.6 Å². The highest BCUT2D eigenvalue weighted by molar-refractivity contribution is 4.86. The molecule has 0 radical (unpaired) electrons. The van der Waals surface area contributed by atoms with Gasteiger partial charge in [-0.05, 0) is 30.7 Å². The molecule has 1 aromatic heterocycles. The summed E-state index contributed by atoms with van der Waals surface area (Å²) in [6.45, 7) is 7.61. The zero-order valence-corrected chi connectivity index (χ0v) is 10.9. The van der Waals surface area contributed by atoms with Crippen LogP contribution in [0.5, 0.6) is 0 Å². The van der Waals surface area contributed by atoms with Crippen LogP contribution in [0, 0.1) is 11.3 Å². The number of rotatable bonds is 5. The van der Waals surface area contributed by atoms with Crippen molar-refractivity contribution in [1.82, 2.24) is 14.8 Å². The van der Waals surface area contributed by atoms with E-state index in [1.165, 1.54) is 0 Å². The highest BCUT2D eigenvalue weighted by Gasteiger charge is 2.23. The van der Waals surface area contributed by atoms with Gasteiger partial charge in [-0.15, -0.1) is 10.2 Å². The highest BCUT2D eigenvalue weighted by atomic mass is 15.2. The molecule has 0 aromatic carbocycles. The summed E-state index contributed by atoms with van der Waals surface area (Å²) < 4.78 is 1.99. The van der Waals surface area contributed by atoms with Crippen LogP contribution in [0.4, 0.5) is 0 Å². The second kappa shape index (κ2) is 5.43. The summed E-state index contributed by atoms with van der Waals surface area (Å²) in [6, 6.07) is 0. The largest absolute Gasteiger partial charge is 0.330 e. The molecule has 0 aliphatic heterocycles. The lowest BCUT2D eigenvalue weighted by Crippen LogP contribution is -2.24. The van der Waals surface area contributed by atoms with Crippen LogP contribution in [0.25, 0.3) is 0 Å². The van der Waals surface area contributed by atoms with Gasteiger partial charge in [-0.1, -0.05) is 20.8 Å². The van der Waals surface area contributed by atoms with Crippen LogP contribution < -0.4 is 5.73 Å². The average molecular weight is 224 g/mol. The first-order valence-electron chi connectivity index (χ1n) is 5.98. The quantitative estimate of drug-likeness (QED) is 0.829. The normalized spacial score (nSPS) is 14.1. The molecule has 0 spiro atoms. The Morgan fingerprint density at radius 2 is 2.06 bits per heavy atom. The number of aromatic nitrogens is 3. The van der Waals surface area contributed by atoms with Gasteiger partial charge in [-0.25, -0.2) is 0 Å². The molecule has 0 fully saturated rings. The van der Waals surface area contributed by atoms with Crippen molar-refractivity contribution in [3.05, 3.63) is 12.2 Å². The van der Waals surface area contributed by atoms with Gasteiger partial charge in [0.15, 0.2) is 0 Å². The fraction of sp³-hybridized carbons (Fsp3) is 0.833. The van der Waals surface area contributed by atoms with Gasteiger partial charge < -0.3 is 10.3 Å². The van der Waals surface area contributed by atoms with E-state index in [1.54, 1.807) is 6.33 Å². The molecule has 16 heavy (non-hydrogen) atoms. The minimum atomic E-state index is 0.317. The van der Waals surface area contributed by atoms with Crippen LogP contribution >= 0.6 is 0 Å². The summed E-state index contributed by atoms with van der Waals surface area (Å²) in [5, 5.41) is 8.01. The minimum Gasteiger partial charge on any atom is -0.330 e. The maximum Gasteiger partial charge on any atom is 0.132 e. The molecule has 0 saturated carbocycles. The Morgan fingerprint density at radius 3 is 2.50 bits per heavy atom. The van der Waals surface area contributed by atoms with Crippen molar-refractivity contribution in [2.75, 3.05) is 6.54 Å². The molecule has 1 rings (SSSR count). The maximum atomic E-state index is 5.67. The van der Waals surface area contributed by atoms with Crippen molar-refractivity contribution < 1.29 is 0 Å². The molecule has 0 aliphatic carbocycles. The van der Waals surface area contributed by atoms with E-state index >= 15 is 0 Å². The van der Waals surface area contributed by atoms with E-state index in [2.05, 4.69) is 31.0 Å². The van der Waals surface area contributed by atoms with Crippen molar-refractivity contribution in [2.24, 2.45) is 24.1 Å². The molecule has 0 bridgehead atoms. The standard InChI is InChI=1S/C12H24N4/c1-12(2,3)10(7-8-13)5-6-11-15-14-9-16(11)4/h9-10H,5-8,13H2,1-4H3. The fourth-order valence-corrected chi connectivity index (χ4v) is 2.05. The van der Waals surface area contributed by atoms with Crippen molar-refractivity contribution >= 4 is 0 Å². The number of nitrogens with zero attached hydrogens (tertiary/aromatic N) is 3. The Hall–Kier alpha value is -0.900. The molecular weight excluding hydrogens is 200 g/mol. The summed E-state index contributed by atoms with van der Waals surface area (Å²) >= 11 is 0. The summed E-state index contributed by atoms with van der Waals surface area (Å²) in [7, 11) is 1.99. The monoisotopic (exact) mass is 224 g/mol. The third-order valence-corrected chi connectivity index (χ3v) is 3.26. The molecule has 4 heteroatoms. The summed E-state index contributed by atoms with van der Waals surface area (Å²) in [6.07, 6.45) is 4.96. The Labute approximate surface area is 98.2 Å². The van der Waals surface area contributed by atoms with Crippen LogP contribution in [0.3, 0.4) is 0 Å². The SMILES string of the molecule is Cn1cnnc1CCC(CCN)C(C)(C)C. The molecule has 92 valence electrons. The van der Waals surface area contributed by atoms with E-state index in [0.717, 1.165) is 31.6 Å². The van der Waals surface area contributed by atoms with Crippen LogP contribution in [-0.4, -0.2) is 21.3 Å². The third kappa shape index (κ3) is 3.59. The number of aryl methyl sites for hydroxylation is 2. The zero-order chi connectivity index (χ0) is 12.2. The molecule has 1 aromatic rings. The van der Waals surface area contributed by atoms with Gasteiger partial charge in [0.05, 0.1) is 0 Å². The predicted octanol–water partition coefficient (Wildman–Crippen LogP) is 1.76. The predicted molar refractivity (Wildman–Crippen MR) is 65.9 cm³/mol. The minimum absolute atomic E-state index is 0.317. The lowest BCUT2D eigenvalue weighted by molar-refractivity contribution is 0.213. The van der Waals surface area contributed by atoms with Gasteiger partial charge >= 0.3 is 0 Å². The van der Waals surface area contributed by atoms with Gasteiger partial charge in [0.25, 0.3) is 0 Å². The van der Waals surface area contributed by atoms with Crippen LogP contribution in [-0.2, 0) is 13.5 Å². The number of nitrogens with two attached hydrogens (primary N) is 1. The average Bonchev–Trinajstić information content (AvgIpc) is 2.57. The van der Waals surface area contributed by atoms with E-state index in [4.69, 9.17) is 5.73 Å². The lowest BCUT2D eigenvalue weighted by Gasteiger charge is -2.30. The lowest BCUT2D eigenvalue weighted by atomic mass is 9.76. The molecular formula is C12H24N4. The summed E-state index contributed by atoms with van der Waals surface area (Å²) in [5.74, 6) is 1.71. The van der Waals surface area contributed by atoms with Crippen molar-refractivity contribution in [2.45, 2.75) is 40.0 Å². The Balaban J connectivity index is 2.54. The second-order valence-corrected chi connectivity index (χ2v) is 5.54. The Kier molecular flexibility index (Phi) is 4.47. The van der Waals surface area contributed by atoms with Gasteiger partial charge in [-0.3, -0.25) is 0 Å².